The van der Waals surface area contributed by atoms with E-state index in [4.69, 9.17) is 0 Å². The van der Waals surface area contributed by atoms with Crippen molar-refractivity contribution in [3.8, 4) is 16.9 Å². The molecule has 1 unspecified atom stereocenters. The zero-order chi connectivity index (χ0) is 18.6. The maximum absolute atomic E-state index is 9.77. The van der Waals surface area contributed by atoms with Crippen LogP contribution >= 0.6 is 0 Å². The molecule has 4 nitrogen and oxygen atoms in total. The Balaban J connectivity index is 1.70. The van der Waals surface area contributed by atoms with Crippen LogP contribution in [0.3, 0.4) is 0 Å². The standard InChI is InChI=1S/C23H23N3O/c1-2-6-17(22-9-3-4-10-24-22)11-19-15-26-23-21(19)13-18(14-25-23)16-7-5-8-20(27)12-16/h3-5,7-10,12-15,17,27H,2,6,11H2,1H3,(H,25,26). The van der Waals surface area contributed by atoms with Gasteiger partial charge in [-0.15, -0.1) is 0 Å². The number of phenolic OH excluding ortho intramolecular Hbond substituents is 1. The highest BCUT2D eigenvalue weighted by Crippen LogP contribution is 2.30. The first kappa shape index (κ1) is 17.3. The van der Waals surface area contributed by atoms with Crippen molar-refractivity contribution in [1.82, 2.24) is 15.0 Å². The fraction of sp³-hybridized carbons (Fsp3) is 0.217. The van der Waals surface area contributed by atoms with Crippen LogP contribution in [0.15, 0.2) is 67.1 Å². The van der Waals surface area contributed by atoms with Crippen molar-refractivity contribution in [2.24, 2.45) is 0 Å². The number of nitrogens with one attached hydrogen (secondary N) is 1. The zero-order valence-corrected chi connectivity index (χ0v) is 15.4. The highest BCUT2D eigenvalue weighted by molar-refractivity contribution is 5.84. The Bertz CT molecular complexity index is 1040. The van der Waals surface area contributed by atoms with Crippen LogP contribution < -0.4 is 0 Å². The first-order chi connectivity index (χ1) is 13.2. The number of fused-ring (bicyclic) bond motifs is 1. The molecule has 2 N–H and O–H groups in total. The van der Waals surface area contributed by atoms with Crippen molar-refractivity contribution >= 4 is 11.0 Å². The van der Waals surface area contributed by atoms with E-state index >= 15 is 0 Å². The van der Waals surface area contributed by atoms with E-state index in [9.17, 15) is 5.11 Å². The maximum atomic E-state index is 9.77. The molecule has 4 rings (SSSR count). The van der Waals surface area contributed by atoms with Gasteiger partial charge in [0.25, 0.3) is 0 Å². The van der Waals surface area contributed by atoms with Crippen molar-refractivity contribution in [2.45, 2.75) is 32.1 Å². The predicted molar refractivity (Wildman–Crippen MR) is 109 cm³/mol. The molecule has 0 aliphatic heterocycles. The van der Waals surface area contributed by atoms with E-state index in [1.807, 2.05) is 30.6 Å². The minimum absolute atomic E-state index is 0.264. The lowest BCUT2D eigenvalue weighted by Gasteiger charge is -2.15. The van der Waals surface area contributed by atoms with Gasteiger partial charge in [0.15, 0.2) is 0 Å². The van der Waals surface area contributed by atoms with Gasteiger partial charge in [0.05, 0.1) is 0 Å². The van der Waals surface area contributed by atoms with Gasteiger partial charge in [-0.05, 0) is 54.3 Å². The number of aromatic amines is 1. The molecule has 3 aromatic heterocycles. The number of benzene rings is 1. The molecule has 0 saturated heterocycles. The summed E-state index contributed by atoms with van der Waals surface area (Å²) in [6.07, 6.45) is 8.93. The van der Waals surface area contributed by atoms with Gasteiger partial charge in [0.2, 0.25) is 0 Å². The van der Waals surface area contributed by atoms with Crippen LogP contribution in [0.25, 0.3) is 22.2 Å². The highest BCUT2D eigenvalue weighted by Gasteiger charge is 2.16. The van der Waals surface area contributed by atoms with E-state index in [0.717, 1.165) is 47.1 Å². The number of rotatable bonds is 6. The van der Waals surface area contributed by atoms with E-state index in [1.54, 1.807) is 12.1 Å². The lowest BCUT2D eigenvalue weighted by molar-refractivity contribution is 0.475. The maximum Gasteiger partial charge on any atom is 0.137 e. The van der Waals surface area contributed by atoms with Crippen LogP contribution in [0.2, 0.25) is 0 Å². The Labute approximate surface area is 158 Å². The van der Waals surface area contributed by atoms with Crippen molar-refractivity contribution in [1.29, 1.82) is 0 Å². The lowest BCUT2D eigenvalue weighted by Crippen LogP contribution is -2.04. The highest BCUT2D eigenvalue weighted by atomic mass is 16.3. The number of aromatic nitrogens is 3. The molecule has 4 aromatic rings. The average Bonchev–Trinajstić information content (AvgIpc) is 3.10. The van der Waals surface area contributed by atoms with Crippen LogP contribution in [-0.2, 0) is 6.42 Å². The topological polar surface area (TPSA) is 61.8 Å². The quantitative estimate of drug-likeness (QED) is 0.482. The van der Waals surface area contributed by atoms with Gasteiger partial charge >= 0.3 is 0 Å². The Morgan fingerprint density at radius 1 is 1.04 bits per heavy atom. The molecule has 0 radical (unpaired) electrons. The molecule has 0 saturated carbocycles. The summed E-state index contributed by atoms with van der Waals surface area (Å²) in [4.78, 5) is 12.5. The van der Waals surface area contributed by atoms with Crippen molar-refractivity contribution < 1.29 is 5.11 Å². The fourth-order valence-electron chi connectivity index (χ4n) is 3.66. The molecule has 0 fully saturated rings. The number of H-pyrrole nitrogens is 1. The van der Waals surface area contributed by atoms with Crippen LogP contribution in [0.4, 0.5) is 0 Å². The Morgan fingerprint density at radius 3 is 2.74 bits per heavy atom. The Hall–Kier alpha value is -3.14. The zero-order valence-electron chi connectivity index (χ0n) is 15.4. The molecule has 0 aliphatic carbocycles. The fourth-order valence-corrected chi connectivity index (χ4v) is 3.66. The summed E-state index contributed by atoms with van der Waals surface area (Å²) in [5, 5.41) is 10.9. The van der Waals surface area contributed by atoms with Gasteiger partial charge in [-0.2, -0.15) is 0 Å². The van der Waals surface area contributed by atoms with Gasteiger partial charge in [-0.1, -0.05) is 31.5 Å². The molecule has 0 amide bonds. The summed E-state index contributed by atoms with van der Waals surface area (Å²) < 4.78 is 0. The van der Waals surface area contributed by atoms with E-state index < -0.39 is 0 Å². The number of pyridine rings is 2. The molecular formula is C23H23N3O. The molecule has 1 aromatic carbocycles. The molecule has 0 spiro atoms. The van der Waals surface area contributed by atoms with Gasteiger partial charge in [0, 0.05) is 41.2 Å². The summed E-state index contributed by atoms with van der Waals surface area (Å²) >= 11 is 0. The number of aromatic hydroxyl groups is 1. The average molecular weight is 357 g/mol. The van der Waals surface area contributed by atoms with Gasteiger partial charge in [-0.25, -0.2) is 4.98 Å². The smallest absolute Gasteiger partial charge is 0.137 e. The third-order valence-corrected chi connectivity index (χ3v) is 5.01. The summed E-state index contributed by atoms with van der Waals surface area (Å²) in [6, 6.07) is 15.6. The lowest BCUT2D eigenvalue weighted by atomic mass is 9.91. The summed E-state index contributed by atoms with van der Waals surface area (Å²) in [6.45, 7) is 2.21. The van der Waals surface area contributed by atoms with Crippen molar-refractivity contribution in [2.75, 3.05) is 0 Å². The first-order valence-corrected chi connectivity index (χ1v) is 9.41. The van der Waals surface area contributed by atoms with Crippen molar-refractivity contribution in [3.05, 3.63) is 78.4 Å². The summed E-state index contributed by atoms with van der Waals surface area (Å²) in [5.41, 5.74) is 5.26. The molecule has 3 heterocycles. The SMILES string of the molecule is CCCC(Cc1c[nH]c2ncc(-c3cccc(O)c3)cc12)c1ccccn1. The monoisotopic (exact) mass is 357 g/mol. The number of phenols is 1. The largest absolute Gasteiger partial charge is 0.508 e. The van der Waals surface area contributed by atoms with E-state index in [0.29, 0.717) is 5.92 Å². The van der Waals surface area contributed by atoms with Crippen LogP contribution in [0, 0.1) is 0 Å². The molecule has 0 bridgehead atoms. The molecular weight excluding hydrogens is 334 g/mol. The summed E-state index contributed by atoms with van der Waals surface area (Å²) in [5.74, 6) is 0.652. The minimum Gasteiger partial charge on any atom is -0.508 e. The molecule has 136 valence electrons. The first-order valence-electron chi connectivity index (χ1n) is 9.41. The minimum atomic E-state index is 0.264. The second kappa shape index (κ2) is 7.62. The van der Waals surface area contributed by atoms with Gasteiger partial charge in [-0.3, -0.25) is 4.98 Å². The number of hydrogen-bond acceptors (Lipinski definition) is 3. The predicted octanol–water partition coefficient (Wildman–Crippen LogP) is 5.46. The van der Waals surface area contributed by atoms with Crippen LogP contribution in [0.1, 0.15) is 36.9 Å². The van der Waals surface area contributed by atoms with Crippen LogP contribution in [-0.4, -0.2) is 20.1 Å². The number of hydrogen-bond donors (Lipinski definition) is 2. The molecule has 4 heteroatoms. The van der Waals surface area contributed by atoms with Crippen molar-refractivity contribution in [3.63, 3.8) is 0 Å². The van der Waals surface area contributed by atoms with E-state index in [1.165, 1.54) is 5.56 Å². The van der Waals surface area contributed by atoms with E-state index in [2.05, 4.69) is 46.3 Å². The molecule has 1 atom stereocenters. The van der Waals surface area contributed by atoms with Gasteiger partial charge < -0.3 is 10.1 Å². The molecule has 27 heavy (non-hydrogen) atoms. The number of nitrogens with zero attached hydrogens (tertiary/aromatic N) is 2. The second-order valence-corrected chi connectivity index (χ2v) is 6.93. The Morgan fingerprint density at radius 2 is 1.96 bits per heavy atom. The third-order valence-electron chi connectivity index (χ3n) is 5.01. The molecule has 0 aliphatic rings. The Kier molecular flexibility index (Phi) is 4.88. The van der Waals surface area contributed by atoms with Crippen LogP contribution in [0.5, 0.6) is 5.75 Å². The van der Waals surface area contributed by atoms with Gasteiger partial charge in [0.1, 0.15) is 11.4 Å². The van der Waals surface area contributed by atoms with E-state index in [-0.39, 0.29) is 5.75 Å². The normalized spacial score (nSPS) is 12.3. The summed E-state index contributed by atoms with van der Waals surface area (Å²) in [7, 11) is 0. The second-order valence-electron chi connectivity index (χ2n) is 6.93. The third kappa shape index (κ3) is 3.70.